The lowest BCUT2D eigenvalue weighted by molar-refractivity contribution is -0.137. The van der Waals surface area contributed by atoms with Gasteiger partial charge in [0.1, 0.15) is 5.82 Å². The summed E-state index contributed by atoms with van der Waals surface area (Å²) in [4.78, 5) is 23.9. The summed E-state index contributed by atoms with van der Waals surface area (Å²) < 4.78 is 13.6. The molecule has 0 heterocycles. The highest BCUT2D eigenvalue weighted by Crippen LogP contribution is 2.16. The van der Waals surface area contributed by atoms with Gasteiger partial charge in [-0.3, -0.25) is 4.79 Å². The highest BCUT2D eigenvalue weighted by Gasteiger charge is 2.17. The van der Waals surface area contributed by atoms with Crippen LogP contribution in [0.25, 0.3) is 0 Å². The number of amides is 2. The summed E-state index contributed by atoms with van der Waals surface area (Å²) in [6, 6.07) is 5.34. The maximum absolute atomic E-state index is 13.6. The molecule has 6 heteroatoms. The Morgan fingerprint density at radius 2 is 2.05 bits per heavy atom. The summed E-state index contributed by atoms with van der Waals surface area (Å²) in [5.41, 5.74) is 0.398. The minimum absolute atomic E-state index is 0.116. The fraction of sp³-hybridized carbons (Fsp3) is 0.429. The van der Waals surface area contributed by atoms with Gasteiger partial charge >= 0.3 is 12.0 Å². The molecule has 0 aliphatic carbocycles. The van der Waals surface area contributed by atoms with Crippen LogP contribution in [0.4, 0.5) is 9.18 Å². The van der Waals surface area contributed by atoms with Crippen LogP contribution >= 0.6 is 0 Å². The fourth-order valence-electron chi connectivity index (χ4n) is 1.81. The number of carboxylic acid groups (broad SMARTS) is 1. The second-order valence-corrected chi connectivity index (χ2v) is 4.42. The minimum Gasteiger partial charge on any atom is -0.481 e. The molecule has 5 nitrogen and oxygen atoms in total. The van der Waals surface area contributed by atoms with Gasteiger partial charge in [-0.15, -0.1) is 0 Å². The number of nitrogens with zero attached hydrogens (tertiary/aromatic N) is 1. The zero-order valence-corrected chi connectivity index (χ0v) is 11.6. The van der Waals surface area contributed by atoms with Crippen LogP contribution < -0.4 is 5.32 Å². The lowest BCUT2D eigenvalue weighted by Crippen LogP contribution is -2.42. The Kier molecular flexibility index (Phi) is 5.96. The van der Waals surface area contributed by atoms with Crippen molar-refractivity contribution in [2.24, 2.45) is 0 Å². The highest BCUT2D eigenvalue weighted by atomic mass is 19.1. The summed E-state index contributed by atoms with van der Waals surface area (Å²) in [5, 5.41) is 11.3. The Morgan fingerprint density at radius 3 is 2.60 bits per heavy atom. The predicted octanol–water partition coefficient (Wildman–Crippen LogP) is 2.39. The normalized spacial score (nSPS) is 11.8. The lowest BCUT2D eigenvalue weighted by Gasteiger charge is -2.23. The number of halogens is 1. The van der Waals surface area contributed by atoms with Crippen LogP contribution in [-0.2, 0) is 4.79 Å². The van der Waals surface area contributed by atoms with Crippen molar-refractivity contribution >= 4 is 12.0 Å². The van der Waals surface area contributed by atoms with Crippen molar-refractivity contribution in [1.82, 2.24) is 10.2 Å². The molecule has 2 N–H and O–H groups in total. The molecular weight excluding hydrogens is 263 g/mol. The van der Waals surface area contributed by atoms with Gasteiger partial charge in [0.2, 0.25) is 0 Å². The van der Waals surface area contributed by atoms with Crippen molar-refractivity contribution in [3.05, 3.63) is 35.6 Å². The van der Waals surface area contributed by atoms with E-state index in [-0.39, 0.29) is 18.8 Å². The Labute approximate surface area is 117 Å². The number of nitrogens with one attached hydrogen (secondary N) is 1. The van der Waals surface area contributed by atoms with E-state index in [0.29, 0.717) is 12.1 Å². The van der Waals surface area contributed by atoms with E-state index >= 15 is 0 Å². The highest BCUT2D eigenvalue weighted by molar-refractivity contribution is 5.75. The molecule has 0 saturated heterocycles. The zero-order chi connectivity index (χ0) is 15.1. The van der Waals surface area contributed by atoms with Crippen LogP contribution in [0.15, 0.2) is 24.3 Å². The Balaban J connectivity index is 2.64. The Hall–Kier alpha value is -2.11. The number of carbonyl (C=O) groups excluding carboxylic acids is 1. The van der Waals surface area contributed by atoms with Crippen molar-refractivity contribution in [3.8, 4) is 0 Å². The quantitative estimate of drug-likeness (QED) is 0.841. The molecule has 0 fully saturated rings. The molecule has 0 saturated carbocycles. The van der Waals surface area contributed by atoms with E-state index < -0.39 is 18.0 Å². The first-order valence-corrected chi connectivity index (χ1v) is 6.47. The van der Waals surface area contributed by atoms with Gasteiger partial charge in [-0.2, -0.15) is 0 Å². The largest absolute Gasteiger partial charge is 0.481 e. The van der Waals surface area contributed by atoms with Gasteiger partial charge in [-0.1, -0.05) is 18.2 Å². The molecule has 1 aromatic rings. The SMILES string of the molecule is CCN(CCC(=O)O)C(=O)NC(C)c1ccccc1F. The number of hydrogen-bond donors (Lipinski definition) is 2. The van der Waals surface area contributed by atoms with Gasteiger partial charge in [-0.25, -0.2) is 9.18 Å². The third kappa shape index (κ3) is 4.53. The van der Waals surface area contributed by atoms with Gasteiger partial charge in [0.25, 0.3) is 0 Å². The smallest absolute Gasteiger partial charge is 0.317 e. The molecule has 0 radical (unpaired) electrons. The summed E-state index contributed by atoms with van der Waals surface area (Å²) in [6.45, 7) is 3.96. The Bertz CT molecular complexity index is 479. The first kappa shape index (κ1) is 15.9. The first-order chi connectivity index (χ1) is 9.45. The average Bonchev–Trinajstić information content (AvgIpc) is 2.39. The molecule has 0 aliphatic rings. The predicted molar refractivity (Wildman–Crippen MR) is 72.8 cm³/mol. The maximum Gasteiger partial charge on any atom is 0.317 e. The monoisotopic (exact) mass is 282 g/mol. The lowest BCUT2D eigenvalue weighted by atomic mass is 10.1. The molecule has 0 aromatic heterocycles. The standard InChI is InChI=1S/C14H19FN2O3/c1-3-17(9-8-13(18)19)14(20)16-10(2)11-6-4-5-7-12(11)15/h4-7,10H,3,8-9H2,1-2H3,(H,16,20)(H,18,19). The minimum atomic E-state index is -0.960. The number of aliphatic carboxylic acids is 1. The number of hydrogen-bond acceptors (Lipinski definition) is 2. The van der Waals surface area contributed by atoms with Gasteiger partial charge < -0.3 is 15.3 Å². The van der Waals surface area contributed by atoms with E-state index in [1.54, 1.807) is 32.0 Å². The van der Waals surface area contributed by atoms with Gasteiger partial charge in [0, 0.05) is 18.7 Å². The summed E-state index contributed by atoms with van der Waals surface area (Å²) in [7, 11) is 0. The molecule has 0 aliphatic heterocycles. The number of urea groups is 1. The third-order valence-corrected chi connectivity index (χ3v) is 2.98. The molecule has 1 unspecified atom stereocenters. The molecule has 2 amide bonds. The zero-order valence-electron chi connectivity index (χ0n) is 11.6. The van der Waals surface area contributed by atoms with Crippen LogP contribution in [0, 0.1) is 5.82 Å². The van der Waals surface area contributed by atoms with E-state index in [9.17, 15) is 14.0 Å². The number of benzene rings is 1. The van der Waals surface area contributed by atoms with Gasteiger partial charge in [-0.05, 0) is 19.9 Å². The summed E-state index contributed by atoms with van der Waals surface area (Å²) >= 11 is 0. The second kappa shape index (κ2) is 7.47. The summed E-state index contributed by atoms with van der Waals surface area (Å²) in [5.74, 6) is -1.34. The first-order valence-electron chi connectivity index (χ1n) is 6.47. The van der Waals surface area contributed by atoms with Gasteiger partial charge in [0.05, 0.1) is 12.5 Å². The molecule has 0 bridgehead atoms. The molecule has 1 rings (SSSR count). The third-order valence-electron chi connectivity index (χ3n) is 2.98. The van der Waals surface area contributed by atoms with E-state index in [1.807, 2.05) is 0 Å². The van der Waals surface area contributed by atoms with Crippen molar-refractivity contribution < 1.29 is 19.1 Å². The van der Waals surface area contributed by atoms with E-state index in [0.717, 1.165) is 0 Å². The number of carbonyl (C=O) groups is 2. The Morgan fingerprint density at radius 1 is 1.40 bits per heavy atom. The molecule has 1 atom stereocenters. The van der Waals surface area contributed by atoms with Crippen LogP contribution in [0.5, 0.6) is 0 Å². The number of carboxylic acids is 1. The number of rotatable bonds is 6. The van der Waals surface area contributed by atoms with E-state index in [1.165, 1.54) is 11.0 Å². The molecule has 1 aromatic carbocycles. The van der Waals surface area contributed by atoms with E-state index in [2.05, 4.69) is 5.32 Å². The topological polar surface area (TPSA) is 69.6 Å². The van der Waals surface area contributed by atoms with Crippen LogP contribution in [0.3, 0.4) is 0 Å². The van der Waals surface area contributed by atoms with Crippen molar-refractivity contribution in [2.45, 2.75) is 26.3 Å². The van der Waals surface area contributed by atoms with Crippen molar-refractivity contribution in [2.75, 3.05) is 13.1 Å². The van der Waals surface area contributed by atoms with Crippen LogP contribution in [0.1, 0.15) is 31.9 Å². The maximum atomic E-state index is 13.6. The average molecular weight is 282 g/mol. The fourth-order valence-corrected chi connectivity index (χ4v) is 1.81. The van der Waals surface area contributed by atoms with Crippen molar-refractivity contribution in [3.63, 3.8) is 0 Å². The van der Waals surface area contributed by atoms with Crippen molar-refractivity contribution in [1.29, 1.82) is 0 Å². The molecule has 110 valence electrons. The van der Waals surface area contributed by atoms with Crippen LogP contribution in [0.2, 0.25) is 0 Å². The molecule has 20 heavy (non-hydrogen) atoms. The second-order valence-electron chi connectivity index (χ2n) is 4.42. The molecule has 0 spiro atoms. The summed E-state index contributed by atoms with van der Waals surface area (Å²) in [6.07, 6.45) is -0.116. The molecular formula is C14H19FN2O3. The van der Waals surface area contributed by atoms with Crippen LogP contribution in [-0.4, -0.2) is 35.1 Å². The van der Waals surface area contributed by atoms with E-state index in [4.69, 9.17) is 5.11 Å². The van der Waals surface area contributed by atoms with Gasteiger partial charge in [0.15, 0.2) is 0 Å².